The van der Waals surface area contributed by atoms with Gasteiger partial charge >= 0.3 is 59.1 Å². The molecular formula is C20H12Cl2N6Na2O8S2. The third kappa shape index (κ3) is 8.59. The first kappa shape index (κ1) is 34.8. The van der Waals surface area contributed by atoms with E-state index in [9.17, 15) is 23.3 Å². The molecule has 2 N–H and O–H groups in total. The monoisotopic (exact) mass is 644 g/mol. The minimum Gasteiger partial charge on any atom is -0.744 e. The summed E-state index contributed by atoms with van der Waals surface area (Å²) in [6.07, 6.45) is 0. The van der Waals surface area contributed by atoms with Crippen molar-refractivity contribution in [3.63, 3.8) is 0 Å². The molecule has 0 amide bonds. The van der Waals surface area contributed by atoms with Gasteiger partial charge in [0, 0.05) is 5.39 Å². The predicted molar refractivity (Wildman–Crippen MR) is 132 cm³/mol. The second-order valence-electron chi connectivity index (χ2n) is 7.03. The average molecular weight is 645 g/mol. The fourth-order valence-electron chi connectivity index (χ4n) is 3.17. The van der Waals surface area contributed by atoms with Crippen LogP contribution in [-0.2, 0) is 19.5 Å². The molecule has 40 heavy (non-hydrogen) atoms. The maximum absolute atomic E-state index is 11.8. The van der Waals surface area contributed by atoms with E-state index in [1.807, 2.05) is 0 Å². The Bertz CT molecular complexity index is 1630. The van der Waals surface area contributed by atoms with Crippen molar-refractivity contribution in [2.24, 2.45) is 10.2 Å². The Hall–Kier alpha value is -1.35. The smallest absolute Gasteiger partial charge is 0.744 e. The van der Waals surface area contributed by atoms with Gasteiger partial charge in [-0.2, -0.15) is 24.4 Å². The van der Waals surface area contributed by atoms with Crippen LogP contribution in [0.1, 0.15) is 0 Å². The number of hydrogen-bond donors (Lipinski definition) is 2. The molecule has 4 aromatic rings. The third-order valence-electron chi connectivity index (χ3n) is 4.73. The van der Waals surface area contributed by atoms with E-state index < -0.39 is 20.8 Å². The number of phenols is 1. The summed E-state index contributed by atoms with van der Waals surface area (Å²) in [5.41, 5.74) is 0.0527. The molecule has 4 rings (SSSR count). The molecule has 1 heterocycles. The fourth-order valence-corrected chi connectivity index (χ4v) is 4.56. The Morgan fingerprint density at radius 2 is 1.68 bits per heavy atom. The minimum atomic E-state index is -4.97. The van der Waals surface area contributed by atoms with Crippen LogP contribution >= 0.6 is 35.2 Å². The number of halogens is 2. The molecule has 0 saturated heterocycles. The standard InChI is InChI=1S/C20H14Cl2N6O8S2.2Na/c1-34-11-4-2-10(3-5-11)27-28-16-14(37-36-35-30)7-9-6-12(38(31,32)33)8-13(15(9)17(16)29)23-20-25-18(21)24-19(22)26-20;;/h2-8,29-30H,1H3,(H,31,32,33)(H,23,24,25,26);;/q;2*+1/p-2. The quantitative estimate of drug-likeness (QED) is 0.0524. The van der Waals surface area contributed by atoms with Crippen molar-refractivity contribution in [2.75, 3.05) is 12.4 Å². The van der Waals surface area contributed by atoms with Crippen LogP contribution in [0.3, 0.4) is 0 Å². The molecule has 198 valence electrons. The molecule has 0 bridgehead atoms. The number of azo groups is 1. The van der Waals surface area contributed by atoms with Gasteiger partial charge < -0.3 is 25.0 Å². The molecule has 0 fully saturated rings. The van der Waals surface area contributed by atoms with Gasteiger partial charge in [0.1, 0.15) is 21.6 Å². The SMILES string of the molecule is COc1ccc(N=Nc2c(SOO[O-])cc3cc(S(=O)(=O)[O-])cc(Nc4nc(Cl)nc(Cl)n4)c3c2O)cc1.[Na+].[Na+]. The zero-order chi connectivity index (χ0) is 27.4. The van der Waals surface area contributed by atoms with Crippen LogP contribution in [0.4, 0.5) is 23.0 Å². The van der Waals surface area contributed by atoms with Crippen LogP contribution in [0.25, 0.3) is 10.8 Å². The number of benzene rings is 3. The normalized spacial score (nSPS) is 11.2. The first-order valence-electron chi connectivity index (χ1n) is 9.91. The molecule has 0 atom stereocenters. The number of rotatable bonds is 9. The first-order chi connectivity index (χ1) is 18.1. The molecule has 0 saturated carbocycles. The number of aromatic hydroxyl groups is 1. The van der Waals surface area contributed by atoms with Crippen LogP contribution in [-0.4, -0.2) is 40.1 Å². The van der Waals surface area contributed by atoms with E-state index in [0.29, 0.717) is 23.5 Å². The maximum atomic E-state index is 11.8. The molecule has 0 aliphatic rings. The number of nitrogens with one attached hydrogen (secondary N) is 1. The Morgan fingerprint density at radius 3 is 2.25 bits per heavy atom. The summed E-state index contributed by atoms with van der Waals surface area (Å²) in [5, 5.41) is 35.3. The number of methoxy groups -OCH3 is 1. The molecule has 0 aliphatic carbocycles. The van der Waals surface area contributed by atoms with E-state index in [-0.39, 0.29) is 103 Å². The van der Waals surface area contributed by atoms with E-state index in [2.05, 4.69) is 39.9 Å². The predicted octanol–water partition coefficient (Wildman–Crippen LogP) is -1.65. The van der Waals surface area contributed by atoms with Gasteiger partial charge in [0.05, 0.1) is 40.3 Å². The largest absolute Gasteiger partial charge is 1.00 e. The zero-order valence-corrected chi connectivity index (χ0v) is 27.8. The molecule has 14 nitrogen and oxygen atoms in total. The summed E-state index contributed by atoms with van der Waals surface area (Å²) >= 11 is 12.0. The fraction of sp³-hybridized carbons (Fsp3) is 0.0500. The maximum Gasteiger partial charge on any atom is 1.00 e. The Balaban J connectivity index is 0.00000280. The summed E-state index contributed by atoms with van der Waals surface area (Å²) < 4.78 is 45.0. The van der Waals surface area contributed by atoms with E-state index in [0.717, 1.165) is 12.1 Å². The van der Waals surface area contributed by atoms with Crippen molar-refractivity contribution in [3.8, 4) is 11.5 Å². The molecule has 0 unspecified atom stereocenters. The van der Waals surface area contributed by atoms with Gasteiger partial charge in [0.25, 0.3) is 0 Å². The van der Waals surface area contributed by atoms with Gasteiger partial charge in [0.2, 0.25) is 16.5 Å². The number of hydrogen-bond acceptors (Lipinski definition) is 15. The first-order valence-corrected chi connectivity index (χ1v) is 12.8. The number of fused-ring (bicyclic) bond motifs is 1. The van der Waals surface area contributed by atoms with Crippen molar-refractivity contribution in [3.05, 3.63) is 53.0 Å². The van der Waals surface area contributed by atoms with Crippen LogP contribution in [0.15, 0.2) is 62.5 Å². The molecule has 0 spiro atoms. The number of ether oxygens (including phenoxy) is 1. The van der Waals surface area contributed by atoms with Gasteiger partial charge in [-0.3, -0.25) is 5.04 Å². The van der Waals surface area contributed by atoms with Crippen molar-refractivity contribution in [1.82, 2.24) is 15.0 Å². The summed E-state index contributed by atoms with van der Waals surface area (Å²) in [7, 11) is -3.47. The summed E-state index contributed by atoms with van der Waals surface area (Å²) in [6, 6.07) is 9.70. The molecule has 0 radical (unpaired) electrons. The van der Waals surface area contributed by atoms with Gasteiger partial charge in [-0.25, -0.2) is 8.42 Å². The molecule has 1 aromatic heterocycles. The van der Waals surface area contributed by atoms with E-state index in [4.69, 9.17) is 27.9 Å². The van der Waals surface area contributed by atoms with Gasteiger partial charge in [-0.15, -0.1) is 5.11 Å². The number of phenolic OH excluding ortho intramolecular Hbond substituents is 1. The molecule has 20 heteroatoms. The van der Waals surface area contributed by atoms with E-state index >= 15 is 0 Å². The van der Waals surface area contributed by atoms with Crippen molar-refractivity contribution >= 4 is 79.1 Å². The average Bonchev–Trinajstić information content (AvgIpc) is 2.85. The van der Waals surface area contributed by atoms with Crippen LogP contribution in [0, 0.1) is 0 Å². The number of nitrogens with zero attached hydrogens (tertiary/aromatic N) is 5. The van der Waals surface area contributed by atoms with Crippen molar-refractivity contribution in [2.45, 2.75) is 9.79 Å². The second kappa shape index (κ2) is 15.2. The van der Waals surface area contributed by atoms with Gasteiger partial charge in [-0.1, -0.05) is 0 Å². The van der Waals surface area contributed by atoms with Crippen LogP contribution in [0.5, 0.6) is 11.5 Å². The van der Waals surface area contributed by atoms with E-state index in [1.54, 1.807) is 24.3 Å². The van der Waals surface area contributed by atoms with Crippen molar-refractivity contribution < 1.29 is 96.6 Å². The minimum absolute atomic E-state index is 0. The second-order valence-corrected chi connectivity index (χ2v) is 9.83. The zero-order valence-electron chi connectivity index (χ0n) is 20.7. The molecular weight excluding hydrogens is 633 g/mol. The Labute approximate surface area is 284 Å². The number of anilines is 2. The van der Waals surface area contributed by atoms with Crippen LogP contribution < -0.4 is 74.4 Å². The van der Waals surface area contributed by atoms with Crippen molar-refractivity contribution in [1.29, 1.82) is 0 Å². The van der Waals surface area contributed by atoms with Gasteiger partial charge in [-0.05, 0) is 71.1 Å². The number of aromatic nitrogens is 3. The van der Waals surface area contributed by atoms with E-state index in [1.165, 1.54) is 13.2 Å². The Kier molecular flexibility index (Phi) is 13.3. The topological polar surface area (TPSA) is 204 Å². The molecule has 3 aromatic carbocycles. The summed E-state index contributed by atoms with van der Waals surface area (Å²) in [4.78, 5) is 10.6. The van der Waals surface area contributed by atoms with Gasteiger partial charge in [0.15, 0.2) is 5.75 Å². The van der Waals surface area contributed by atoms with Crippen LogP contribution in [0.2, 0.25) is 10.6 Å². The summed E-state index contributed by atoms with van der Waals surface area (Å²) in [6.45, 7) is 0. The third-order valence-corrected chi connectivity index (χ3v) is 6.49. The molecule has 0 aliphatic heterocycles. The Morgan fingerprint density at radius 1 is 1.02 bits per heavy atom. The summed E-state index contributed by atoms with van der Waals surface area (Å²) in [5.74, 6) is -0.187.